The molecular formula is C16H20N2O2. The van der Waals surface area contributed by atoms with Gasteiger partial charge in [0, 0.05) is 17.8 Å². The molecule has 2 rings (SSSR count). The van der Waals surface area contributed by atoms with Crippen LogP contribution in [0.2, 0.25) is 0 Å². The highest BCUT2D eigenvalue weighted by Gasteiger charge is 2.09. The first kappa shape index (κ1) is 14.2. The van der Waals surface area contributed by atoms with Crippen molar-refractivity contribution in [3.8, 4) is 17.2 Å². The maximum Gasteiger partial charge on any atom is 0.131 e. The van der Waals surface area contributed by atoms with Crippen LogP contribution < -0.4 is 20.9 Å². The first-order chi connectivity index (χ1) is 9.54. The van der Waals surface area contributed by atoms with Gasteiger partial charge in [0.1, 0.15) is 23.4 Å². The molecule has 106 valence electrons. The van der Waals surface area contributed by atoms with Gasteiger partial charge in [-0.15, -0.1) is 0 Å². The number of hydrogen-bond acceptors (Lipinski definition) is 4. The molecule has 0 saturated carbocycles. The van der Waals surface area contributed by atoms with Gasteiger partial charge in [0.2, 0.25) is 0 Å². The summed E-state index contributed by atoms with van der Waals surface area (Å²) in [6.45, 7) is 3.86. The van der Waals surface area contributed by atoms with Gasteiger partial charge in [-0.05, 0) is 50.2 Å². The van der Waals surface area contributed by atoms with Crippen LogP contribution in [-0.4, -0.2) is 12.1 Å². The van der Waals surface area contributed by atoms with E-state index in [0.29, 0.717) is 11.4 Å². The summed E-state index contributed by atoms with van der Waals surface area (Å²) in [6, 6.07) is 14.7. The molecule has 4 N–H and O–H groups in total. The smallest absolute Gasteiger partial charge is 0.131 e. The van der Waals surface area contributed by atoms with Gasteiger partial charge >= 0.3 is 0 Å². The molecule has 0 aliphatic carbocycles. The van der Waals surface area contributed by atoms with E-state index in [0.717, 1.165) is 11.5 Å². The van der Waals surface area contributed by atoms with E-state index in [1.807, 2.05) is 50.2 Å². The molecule has 0 aliphatic rings. The zero-order valence-corrected chi connectivity index (χ0v) is 11.7. The maximum absolute atomic E-state index is 5.79. The number of rotatable bonds is 5. The predicted molar refractivity (Wildman–Crippen MR) is 81.1 cm³/mol. The Labute approximate surface area is 119 Å². The van der Waals surface area contributed by atoms with Crippen molar-refractivity contribution in [3.63, 3.8) is 0 Å². The highest BCUT2D eigenvalue weighted by Crippen LogP contribution is 2.26. The van der Waals surface area contributed by atoms with Crippen molar-refractivity contribution >= 4 is 5.69 Å². The Hall–Kier alpha value is -2.20. The Bertz CT molecular complexity index is 553. The number of hydrogen-bond donors (Lipinski definition) is 2. The van der Waals surface area contributed by atoms with Crippen molar-refractivity contribution in [2.45, 2.75) is 26.0 Å². The second-order valence-electron chi connectivity index (χ2n) is 4.83. The standard InChI is InChI=1S/C16H20N2O2/c1-11(17)12(2)19-15-4-3-5-16(10-15)20-14-8-6-13(18)7-9-14/h3-12H,17-18H2,1-2H3/t11-,12?/m0/s1. The topological polar surface area (TPSA) is 70.5 Å². The van der Waals surface area contributed by atoms with E-state index in [-0.39, 0.29) is 12.1 Å². The molecule has 0 radical (unpaired) electrons. The van der Waals surface area contributed by atoms with Crippen molar-refractivity contribution in [2.75, 3.05) is 5.73 Å². The average molecular weight is 272 g/mol. The minimum absolute atomic E-state index is 0.0309. The fourth-order valence-electron chi connectivity index (χ4n) is 1.60. The lowest BCUT2D eigenvalue weighted by Crippen LogP contribution is -2.33. The molecule has 1 unspecified atom stereocenters. The zero-order chi connectivity index (χ0) is 14.5. The lowest BCUT2D eigenvalue weighted by molar-refractivity contribution is 0.196. The summed E-state index contributed by atoms with van der Waals surface area (Å²) in [6.07, 6.45) is -0.0539. The van der Waals surface area contributed by atoms with E-state index in [4.69, 9.17) is 20.9 Å². The summed E-state index contributed by atoms with van der Waals surface area (Å²) in [4.78, 5) is 0. The van der Waals surface area contributed by atoms with Crippen LogP contribution in [0, 0.1) is 0 Å². The van der Waals surface area contributed by atoms with Gasteiger partial charge in [0.15, 0.2) is 0 Å². The molecule has 2 aromatic rings. The zero-order valence-electron chi connectivity index (χ0n) is 11.7. The SMILES string of the molecule is CC(Oc1cccc(Oc2ccc(N)cc2)c1)[C@H](C)N. The van der Waals surface area contributed by atoms with Gasteiger partial charge in [-0.25, -0.2) is 0 Å². The molecule has 0 fully saturated rings. The van der Waals surface area contributed by atoms with E-state index in [9.17, 15) is 0 Å². The molecule has 0 spiro atoms. The summed E-state index contributed by atoms with van der Waals surface area (Å²) in [5.41, 5.74) is 12.1. The first-order valence-electron chi connectivity index (χ1n) is 6.60. The number of nitrogens with two attached hydrogens (primary N) is 2. The molecule has 0 saturated heterocycles. The number of ether oxygens (including phenoxy) is 2. The minimum atomic E-state index is -0.0539. The monoisotopic (exact) mass is 272 g/mol. The van der Waals surface area contributed by atoms with Gasteiger partial charge in [0.05, 0.1) is 0 Å². The van der Waals surface area contributed by atoms with Gasteiger partial charge in [0.25, 0.3) is 0 Å². The van der Waals surface area contributed by atoms with Gasteiger partial charge in [-0.2, -0.15) is 0 Å². The quantitative estimate of drug-likeness (QED) is 0.820. The third-order valence-corrected chi connectivity index (χ3v) is 2.98. The maximum atomic E-state index is 5.79. The van der Waals surface area contributed by atoms with Crippen molar-refractivity contribution < 1.29 is 9.47 Å². The molecule has 0 aromatic heterocycles. The summed E-state index contributed by atoms with van der Waals surface area (Å²) >= 11 is 0. The fraction of sp³-hybridized carbons (Fsp3) is 0.250. The van der Waals surface area contributed by atoms with Crippen LogP contribution in [0.5, 0.6) is 17.2 Å². The normalized spacial score (nSPS) is 13.6. The van der Waals surface area contributed by atoms with Crippen molar-refractivity contribution in [3.05, 3.63) is 48.5 Å². The molecule has 4 heteroatoms. The average Bonchev–Trinajstić information content (AvgIpc) is 2.42. The van der Waals surface area contributed by atoms with Crippen LogP contribution in [-0.2, 0) is 0 Å². The molecule has 0 bridgehead atoms. The lowest BCUT2D eigenvalue weighted by atomic mass is 10.2. The van der Waals surface area contributed by atoms with Crippen molar-refractivity contribution in [1.29, 1.82) is 0 Å². The van der Waals surface area contributed by atoms with Gasteiger partial charge < -0.3 is 20.9 Å². The first-order valence-corrected chi connectivity index (χ1v) is 6.60. The second kappa shape index (κ2) is 6.30. The molecule has 0 amide bonds. The fourth-order valence-corrected chi connectivity index (χ4v) is 1.60. The van der Waals surface area contributed by atoms with Crippen LogP contribution in [0.3, 0.4) is 0 Å². The van der Waals surface area contributed by atoms with Crippen molar-refractivity contribution in [2.24, 2.45) is 5.73 Å². The van der Waals surface area contributed by atoms with Crippen LogP contribution >= 0.6 is 0 Å². The molecule has 20 heavy (non-hydrogen) atoms. The Morgan fingerprint density at radius 3 is 2.20 bits per heavy atom. The molecule has 2 aromatic carbocycles. The van der Waals surface area contributed by atoms with E-state index in [1.165, 1.54) is 0 Å². The molecular weight excluding hydrogens is 252 g/mol. The van der Waals surface area contributed by atoms with E-state index in [1.54, 1.807) is 12.1 Å². The highest BCUT2D eigenvalue weighted by molar-refractivity contribution is 5.43. The largest absolute Gasteiger partial charge is 0.489 e. The molecule has 0 heterocycles. The third-order valence-electron chi connectivity index (χ3n) is 2.98. The Morgan fingerprint density at radius 1 is 0.900 bits per heavy atom. The van der Waals surface area contributed by atoms with E-state index < -0.39 is 0 Å². The van der Waals surface area contributed by atoms with E-state index >= 15 is 0 Å². The Kier molecular flexibility index (Phi) is 4.48. The van der Waals surface area contributed by atoms with Crippen molar-refractivity contribution in [1.82, 2.24) is 0 Å². The highest BCUT2D eigenvalue weighted by atomic mass is 16.5. The number of anilines is 1. The summed E-state index contributed by atoms with van der Waals surface area (Å²) in [7, 11) is 0. The Morgan fingerprint density at radius 2 is 1.55 bits per heavy atom. The van der Waals surface area contributed by atoms with Gasteiger partial charge in [-0.1, -0.05) is 6.07 Å². The lowest BCUT2D eigenvalue weighted by Gasteiger charge is -2.18. The van der Waals surface area contributed by atoms with Crippen LogP contribution in [0.1, 0.15) is 13.8 Å². The van der Waals surface area contributed by atoms with Gasteiger partial charge in [-0.3, -0.25) is 0 Å². The molecule has 2 atom stereocenters. The third kappa shape index (κ3) is 3.90. The Balaban J connectivity index is 2.07. The van der Waals surface area contributed by atoms with Crippen LogP contribution in [0.25, 0.3) is 0 Å². The van der Waals surface area contributed by atoms with Crippen LogP contribution in [0.4, 0.5) is 5.69 Å². The van der Waals surface area contributed by atoms with Crippen LogP contribution in [0.15, 0.2) is 48.5 Å². The number of nitrogen functional groups attached to an aromatic ring is 1. The molecule has 0 aliphatic heterocycles. The minimum Gasteiger partial charge on any atom is -0.489 e. The summed E-state index contributed by atoms with van der Waals surface area (Å²) in [5, 5.41) is 0. The predicted octanol–water partition coefficient (Wildman–Crippen LogP) is 3.18. The second-order valence-corrected chi connectivity index (χ2v) is 4.83. The summed E-state index contributed by atoms with van der Waals surface area (Å²) < 4.78 is 11.5. The van der Waals surface area contributed by atoms with E-state index in [2.05, 4.69) is 0 Å². The molecule has 4 nitrogen and oxygen atoms in total. The number of benzene rings is 2. The summed E-state index contributed by atoms with van der Waals surface area (Å²) in [5.74, 6) is 2.18.